The molecule has 3 aromatic rings. The second-order valence-corrected chi connectivity index (χ2v) is 9.58. The molecule has 0 spiro atoms. The van der Waals surface area contributed by atoms with Crippen molar-refractivity contribution in [3.8, 4) is 11.5 Å². The molecule has 2 N–H and O–H groups in total. The standard InChI is InChI=1S/C28H26ClNO5/c1-34-21-11-12-22-23(30-27(33)28(13-2-14-28)19-7-9-20(29)10-8-19)16-24(35-25(22)15-21)17-3-5-18(6-4-17)26(31)32/h3-12,15,23-24H,2,13-14,16H2,1H3,(H,30,33)(H,31,32)/t23-,24-/m1/s1. The molecule has 1 amide bonds. The number of amides is 1. The molecule has 1 fully saturated rings. The molecule has 0 radical (unpaired) electrons. The zero-order valence-corrected chi connectivity index (χ0v) is 20.0. The van der Waals surface area contributed by atoms with Gasteiger partial charge in [0.15, 0.2) is 0 Å². The number of hydrogen-bond acceptors (Lipinski definition) is 4. The molecular weight excluding hydrogens is 466 g/mol. The monoisotopic (exact) mass is 491 g/mol. The summed E-state index contributed by atoms with van der Waals surface area (Å²) < 4.78 is 11.7. The number of ether oxygens (including phenoxy) is 2. The lowest BCUT2D eigenvalue weighted by Gasteiger charge is -2.43. The number of benzene rings is 3. The van der Waals surface area contributed by atoms with Crippen LogP contribution in [0.5, 0.6) is 11.5 Å². The summed E-state index contributed by atoms with van der Waals surface area (Å²) in [4.78, 5) is 25.0. The highest BCUT2D eigenvalue weighted by Gasteiger charge is 2.46. The van der Waals surface area contributed by atoms with Gasteiger partial charge in [-0.2, -0.15) is 0 Å². The lowest BCUT2D eigenvalue weighted by Crippen LogP contribution is -2.50. The van der Waals surface area contributed by atoms with Gasteiger partial charge in [0.2, 0.25) is 5.91 Å². The number of carboxylic acid groups (broad SMARTS) is 1. The number of carbonyl (C=O) groups excluding carboxylic acids is 1. The maximum absolute atomic E-state index is 13.7. The van der Waals surface area contributed by atoms with Crippen LogP contribution in [-0.2, 0) is 10.2 Å². The SMILES string of the molecule is COc1ccc2c(c1)O[C@@H](c1ccc(C(=O)O)cc1)C[C@H]2NC(=O)C1(c2ccc(Cl)cc2)CCC1. The van der Waals surface area contributed by atoms with Crippen LogP contribution >= 0.6 is 11.6 Å². The van der Waals surface area contributed by atoms with E-state index in [4.69, 9.17) is 21.1 Å². The van der Waals surface area contributed by atoms with Crippen molar-refractivity contribution in [1.29, 1.82) is 0 Å². The summed E-state index contributed by atoms with van der Waals surface area (Å²) in [5.74, 6) is 0.323. The molecule has 3 aromatic carbocycles. The number of rotatable bonds is 6. The minimum Gasteiger partial charge on any atom is -0.497 e. The van der Waals surface area contributed by atoms with Gasteiger partial charge in [-0.05, 0) is 60.4 Å². The van der Waals surface area contributed by atoms with E-state index in [2.05, 4.69) is 5.32 Å². The highest BCUT2D eigenvalue weighted by atomic mass is 35.5. The number of carbonyl (C=O) groups is 2. The van der Waals surface area contributed by atoms with Crippen molar-refractivity contribution in [2.24, 2.45) is 0 Å². The van der Waals surface area contributed by atoms with Crippen LogP contribution in [-0.4, -0.2) is 24.1 Å². The minimum absolute atomic E-state index is 0.000263. The molecule has 7 heteroatoms. The van der Waals surface area contributed by atoms with Crippen LogP contribution in [0.3, 0.4) is 0 Å². The summed E-state index contributed by atoms with van der Waals surface area (Å²) in [5, 5.41) is 13.2. The molecule has 1 heterocycles. The molecule has 6 nitrogen and oxygen atoms in total. The highest BCUT2D eigenvalue weighted by molar-refractivity contribution is 6.30. The van der Waals surface area contributed by atoms with Crippen LogP contribution < -0.4 is 14.8 Å². The van der Waals surface area contributed by atoms with Gasteiger partial charge < -0.3 is 19.9 Å². The Bertz CT molecular complexity index is 1250. The molecule has 1 aliphatic carbocycles. The van der Waals surface area contributed by atoms with Crippen molar-refractivity contribution >= 4 is 23.5 Å². The lowest BCUT2D eigenvalue weighted by molar-refractivity contribution is -0.131. The van der Waals surface area contributed by atoms with Crippen molar-refractivity contribution < 1.29 is 24.2 Å². The number of aromatic carboxylic acids is 1. The topological polar surface area (TPSA) is 84.9 Å². The fourth-order valence-electron chi connectivity index (χ4n) is 5.00. The van der Waals surface area contributed by atoms with Gasteiger partial charge in [0.05, 0.1) is 24.1 Å². The summed E-state index contributed by atoms with van der Waals surface area (Å²) >= 11 is 6.08. The van der Waals surface area contributed by atoms with Gasteiger partial charge in [-0.25, -0.2) is 4.79 Å². The summed E-state index contributed by atoms with van der Waals surface area (Å²) in [6, 6.07) is 19.6. The van der Waals surface area contributed by atoms with E-state index < -0.39 is 11.4 Å². The van der Waals surface area contributed by atoms with E-state index in [1.165, 1.54) is 0 Å². The molecule has 2 aliphatic rings. The summed E-state index contributed by atoms with van der Waals surface area (Å²) in [6.07, 6.45) is 2.75. The van der Waals surface area contributed by atoms with Crippen LogP contribution in [0.25, 0.3) is 0 Å². The van der Waals surface area contributed by atoms with Crippen molar-refractivity contribution in [2.45, 2.75) is 43.2 Å². The van der Waals surface area contributed by atoms with Gasteiger partial charge in [0, 0.05) is 23.1 Å². The maximum Gasteiger partial charge on any atom is 0.335 e. The highest BCUT2D eigenvalue weighted by Crippen LogP contribution is 2.47. The molecule has 1 saturated carbocycles. The second kappa shape index (κ2) is 9.27. The second-order valence-electron chi connectivity index (χ2n) is 9.14. The molecule has 2 atom stereocenters. The minimum atomic E-state index is -0.977. The van der Waals surface area contributed by atoms with E-state index in [0.29, 0.717) is 22.9 Å². The first kappa shape index (κ1) is 23.2. The Hall–Kier alpha value is -3.51. The number of fused-ring (bicyclic) bond motifs is 1. The Kier molecular flexibility index (Phi) is 6.15. The Morgan fingerprint density at radius 1 is 1.06 bits per heavy atom. The normalized spacial score (nSPS) is 20.1. The Balaban J connectivity index is 1.45. The summed E-state index contributed by atoms with van der Waals surface area (Å²) in [7, 11) is 1.60. The zero-order chi connectivity index (χ0) is 24.6. The third-order valence-electron chi connectivity index (χ3n) is 7.19. The first-order valence-corrected chi connectivity index (χ1v) is 12.0. The van der Waals surface area contributed by atoms with E-state index >= 15 is 0 Å². The van der Waals surface area contributed by atoms with Gasteiger partial charge in [-0.15, -0.1) is 0 Å². The predicted octanol–water partition coefficient (Wildman–Crippen LogP) is 5.85. The fraction of sp³-hybridized carbons (Fsp3) is 0.286. The smallest absolute Gasteiger partial charge is 0.335 e. The Morgan fingerprint density at radius 3 is 2.37 bits per heavy atom. The van der Waals surface area contributed by atoms with Crippen LogP contribution in [0.4, 0.5) is 0 Å². The molecule has 5 rings (SSSR count). The molecule has 0 aromatic heterocycles. The van der Waals surface area contributed by atoms with E-state index in [9.17, 15) is 14.7 Å². The predicted molar refractivity (Wildman–Crippen MR) is 132 cm³/mol. The largest absolute Gasteiger partial charge is 0.497 e. The molecule has 1 aliphatic heterocycles. The van der Waals surface area contributed by atoms with Crippen molar-refractivity contribution in [2.75, 3.05) is 7.11 Å². The van der Waals surface area contributed by atoms with Crippen LogP contribution in [0.1, 0.15) is 64.9 Å². The number of nitrogens with one attached hydrogen (secondary N) is 1. The summed E-state index contributed by atoms with van der Waals surface area (Å²) in [5.41, 5.74) is 2.37. The van der Waals surface area contributed by atoms with Gasteiger partial charge in [-0.1, -0.05) is 42.3 Å². The molecule has 0 saturated heterocycles. The fourth-order valence-corrected chi connectivity index (χ4v) is 5.12. The third kappa shape index (κ3) is 4.34. The summed E-state index contributed by atoms with van der Waals surface area (Å²) in [6.45, 7) is 0. The molecule has 0 bridgehead atoms. The van der Waals surface area contributed by atoms with Gasteiger partial charge >= 0.3 is 5.97 Å². The lowest BCUT2D eigenvalue weighted by atomic mass is 9.63. The number of methoxy groups -OCH3 is 1. The Morgan fingerprint density at radius 2 is 1.77 bits per heavy atom. The van der Waals surface area contributed by atoms with Crippen molar-refractivity contribution in [3.05, 3.63) is 94.0 Å². The van der Waals surface area contributed by atoms with Gasteiger partial charge in [0.1, 0.15) is 17.6 Å². The number of carboxylic acids is 1. The maximum atomic E-state index is 13.7. The first-order valence-electron chi connectivity index (χ1n) is 11.6. The Labute approximate surface area is 208 Å². The molecule has 180 valence electrons. The molecular formula is C28H26ClNO5. The van der Waals surface area contributed by atoms with E-state index in [0.717, 1.165) is 36.0 Å². The van der Waals surface area contributed by atoms with Crippen LogP contribution in [0.15, 0.2) is 66.7 Å². The first-order chi connectivity index (χ1) is 16.9. The van der Waals surface area contributed by atoms with Gasteiger partial charge in [-0.3, -0.25) is 4.79 Å². The quantitative estimate of drug-likeness (QED) is 0.452. The van der Waals surface area contributed by atoms with E-state index in [-0.39, 0.29) is 23.6 Å². The van der Waals surface area contributed by atoms with Gasteiger partial charge in [0.25, 0.3) is 0 Å². The zero-order valence-electron chi connectivity index (χ0n) is 19.3. The van der Waals surface area contributed by atoms with Crippen LogP contribution in [0.2, 0.25) is 5.02 Å². The molecule has 35 heavy (non-hydrogen) atoms. The van der Waals surface area contributed by atoms with E-state index in [1.54, 1.807) is 31.4 Å². The number of halogens is 1. The number of hydrogen-bond donors (Lipinski definition) is 2. The van der Waals surface area contributed by atoms with Crippen LogP contribution in [0, 0.1) is 0 Å². The average Bonchev–Trinajstić information content (AvgIpc) is 2.84. The average molecular weight is 492 g/mol. The third-order valence-corrected chi connectivity index (χ3v) is 7.44. The van der Waals surface area contributed by atoms with Crippen molar-refractivity contribution in [3.63, 3.8) is 0 Å². The molecule has 0 unspecified atom stereocenters. The van der Waals surface area contributed by atoms with E-state index in [1.807, 2.05) is 42.5 Å². The van der Waals surface area contributed by atoms with Crippen molar-refractivity contribution in [1.82, 2.24) is 5.32 Å².